The molecule has 0 aliphatic heterocycles. The van der Waals surface area contributed by atoms with E-state index in [2.05, 4.69) is 10.6 Å². The Morgan fingerprint density at radius 3 is 2.00 bits per heavy atom. The van der Waals surface area contributed by atoms with Gasteiger partial charge in [-0.15, -0.1) is 0 Å². The number of benzene rings is 2. The summed E-state index contributed by atoms with van der Waals surface area (Å²) in [6.45, 7) is 0. The van der Waals surface area contributed by atoms with Crippen molar-refractivity contribution < 1.29 is 17.6 Å². The molecule has 0 radical (unpaired) electrons. The predicted molar refractivity (Wildman–Crippen MR) is 82.6 cm³/mol. The molecule has 2 N–H and O–H groups in total. The van der Waals surface area contributed by atoms with Gasteiger partial charge in [0.15, 0.2) is 28.4 Å². The standard InChI is InChI=1S/C13H6Cl2F4N2S/c14-6-2-1-5(3-7(6)15)20-13(22)21-12-10(18)8(16)4-9(17)11(12)19/h1-4H,(H2,20,21,22). The van der Waals surface area contributed by atoms with Crippen LogP contribution in [0.15, 0.2) is 24.3 Å². The topological polar surface area (TPSA) is 24.1 Å². The molecule has 0 bridgehead atoms. The molecule has 2 aromatic carbocycles. The molecule has 22 heavy (non-hydrogen) atoms. The van der Waals surface area contributed by atoms with Crippen molar-refractivity contribution in [3.8, 4) is 0 Å². The normalized spacial score (nSPS) is 10.5. The number of hydrogen-bond donors (Lipinski definition) is 2. The largest absolute Gasteiger partial charge is 0.332 e. The average Bonchev–Trinajstić information content (AvgIpc) is 2.45. The zero-order valence-electron chi connectivity index (χ0n) is 10.5. The van der Waals surface area contributed by atoms with E-state index in [1.807, 2.05) is 0 Å². The predicted octanol–water partition coefficient (Wildman–Crippen LogP) is 5.36. The van der Waals surface area contributed by atoms with E-state index in [1.54, 1.807) is 0 Å². The van der Waals surface area contributed by atoms with Crippen molar-refractivity contribution in [1.29, 1.82) is 0 Å². The van der Waals surface area contributed by atoms with Gasteiger partial charge < -0.3 is 10.6 Å². The summed E-state index contributed by atoms with van der Waals surface area (Å²) < 4.78 is 53.1. The summed E-state index contributed by atoms with van der Waals surface area (Å²) in [7, 11) is 0. The Labute approximate surface area is 138 Å². The summed E-state index contributed by atoms with van der Waals surface area (Å²) in [6.07, 6.45) is 0. The second-order valence-electron chi connectivity index (χ2n) is 4.05. The van der Waals surface area contributed by atoms with Crippen LogP contribution in [0, 0.1) is 23.3 Å². The molecule has 0 unspecified atom stereocenters. The fourth-order valence-corrected chi connectivity index (χ4v) is 2.05. The second-order valence-corrected chi connectivity index (χ2v) is 5.27. The Hall–Kier alpha value is -1.57. The Bertz CT molecular complexity index is 729. The van der Waals surface area contributed by atoms with Crippen LogP contribution >= 0.6 is 35.4 Å². The Kier molecular flexibility index (Phi) is 5.10. The lowest BCUT2D eigenvalue weighted by molar-refractivity contribution is 0.459. The SMILES string of the molecule is Fc1cc(F)c(F)c(NC(=S)Nc2ccc(Cl)c(Cl)c2)c1F. The fraction of sp³-hybridized carbons (Fsp3) is 0. The molecular weight excluding hydrogens is 363 g/mol. The van der Waals surface area contributed by atoms with Crippen molar-refractivity contribution in [3.63, 3.8) is 0 Å². The van der Waals surface area contributed by atoms with E-state index in [9.17, 15) is 17.6 Å². The summed E-state index contributed by atoms with van der Waals surface area (Å²) >= 11 is 16.4. The molecule has 0 saturated heterocycles. The highest BCUT2D eigenvalue weighted by molar-refractivity contribution is 7.80. The van der Waals surface area contributed by atoms with Crippen LogP contribution in [0.25, 0.3) is 0 Å². The van der Waals surface area contributed by atoms with Crippen molar-refractivity contribution in [2.75, 3.05) is 10.6 Å². The van der Waals surface area contributed by atoms with Gasteiger partial charge in [-0.3, -0.25) is 0 Å². The molecule has 0 amide bonds. The molecule has 2 aromatic rings. The molecule has 2 nitrogen and oxygen atoms in total. The number of anilines is 2. The minimum absolute atomic E-state index is 0.102. The average molecular weight is 369 g/mol. The molecule has 116 valence electrons. The maximum absolute atomic E-state index is 13.5. The third-order valence-electron chi connectivity index (χ3n) is 2.53. The maximum Gasteiger partial charge on any atom is 0.185 e. The van der Waals surface area contributed by atoms with Crippen LogP contribution in [0.1, 0.15) is 0 Å². The minimum Gasteiger partial charge on any atom is -0.332 e. The van der Waals surface area contributed by atoms with Crippen LogP contribution in [0.3, 0.4) is 0 Å². The van der Waals surface area contributed by atoms with Gasteiger partial charge in [0.2, 0.25) is 0 Å². The number of nitrogens with one attached hydrogen (secondary N) is 2. The zero-order chi connectivity index (χ0) is 16.4. The number of hydrogen-bond acceptors (Lipinski definition) is 1. The molecule has 9 heteroatoms. The molecule has 0 saturated carbocycles. The van der Waals surface area contributed by atoms with Crippen LogP contribution in [-0.2, 0) is 0 Å². The highest BCUT2D eigenvalue weighted by atomic mass is 35.5. The first-order chi connectivity index (χ1) is 10.3. The van der Waals surface area contributed by atoms with Gasteiger partial charge in [0.25, 0.3) is 0 Å². The lowest BCUT2D eigenvalue weighted by Gasteiger charge is -2.13. The van der Waals surface area contributed by atoms with E-state index in [-0.39, 0.29) is 16.2 Å². The van der Waals surface area contributed by atoms with Crippen LogP contribution in [0.5, 0.6) is 0 Å². The molecule has 0 aromatic heterocycles. The maximum atomic E-state index is 13.5. The molecule has 0 aliphatic rings. The monoisotopic (exact) mass is 368 g/mol. The van der Waals surface area contributed by atoms with E-state index in [4.69, 9.17) is 35.4 Å². The van der Waals surface area contributed by atoms with Crippen molar-refractivity contribution in [2.45, 2.75) is 0 Å². The fourth-order valence-electron chi connectivity index (χ4n) is 1.53. The molecule has 0 aliphatic carbocycles. The first kappa shape index (κ1) is 16.8. The van der Waals surface area contributed by atoms with Crippen LogP contribution in [0.2, 0.25) is 10.0 Å². The Morgan fingerprint density at radius 2 is 1.45 bits per heavy atom. The van der Waals surface area contributed by atoms with E-state index in [0.717, 1.165) is 0 Å². The molecule has 0 heterocycles. The lowest BCUT2D eigenvalue weighted by atomic mass is 10.2. The van der Waals surface area contributed by atoms with Gasteiger partial charge in [-0.05, 0) is 30.4 Å². The summed E-state index contributed by atoms with van der Waals surface area (Å²) in [5.41, 5.74) is -0.667. The Morgan fingerprint density at radius 1 is 0.864 bits per heavy atom. The first-order valence-electron chi connectivity index (χ1n) is 5.65. The summed E-state index contributed by atoms with van der Waals surface area (Å²) in [6, 6.07) is 4.49. The van der Waals surface area contributed by atoms with Crippen molar-refractivity contribution in [2.24, 2.45) is 0 Å². The van der Waals surface area contributed by atoms with E-state index in [0.29, 0.717) is 10.7 Å². The van der Waals surface area contributed by atoms with Crippen LogP contribution < -0.4 is 10.6 Å². The molecule has 0 fully saturated rings. The zero-order valence-corrected chi connectivity index (χ0v) is 12.8. The van der Waals surface area contributed by atoms with Gasteiger partial charge in [-0.25, -0.2) is 17.6 Å². The van der Waals surface area contributed by atoms with Gasteiger partial charge in [0.1, 0.15) is 5.69 Å². The lowest BCUT2D eigenvalue weighted by Crippen LogP contribution is -2.21. The summed E-state index contributed by atoms with van der Waals surface area (Å²) in [4.78, 5) is 0. The number of thiocarbonyl (C=S) groups is 1. The van der Waals surface area contributed by atoms with E-state index in [1.165, 1.54) is 18.2 Å². The minimum atomic E-state index is -1.59. The molecule has 2 rings (SSSR count). The van der Waals surface area contributed by atoms with Crippen molar-refractivity contribution in [3.05, 3.63) is 57.6 Å². The molecular formula is C13H6Cl2F4N2S. The summed E-state index contributed by atoms with van der Waals surface area (Å²) in [5, 5.41) is 4.84. The van der Waals surface area contributed by atoms with Crippen LogP contribution in [0.4, 0.5) is 28.9 Å². The highest BCUT2D eigenvalue weighted by Gasteiger charge is 2.19. The highest BCUT2D eigenvalue weighted by Crippen LogP contribution is 2.26. The summed E-state index contributed by atoms with van der Waals surface area (Å²) in [5.74, 6) is -6.26. The first-order valence-corrected chi connectivity index (χ1v) is 6.82. The Balaban J connectivity index is 2.21. The van der Waals surface area contributed by atoms with Gasteiger partial charge in [-0.1, -0.05) is 23.2 Å². The van der Waals surface area contributed by atoms with Gasteiger partial charge in [0.05, 0.1) is 10.0 Å². The number of halogens is 6. The number of rotatable bonds is 2. The van der Waals surface area contributed by atoms with Gasteiger partial charge >= 0.3 is 0 Å². The van der Waals surface area contributed by atoms with Crippen LogP contribution in [-0.4, -0.2) is 5.11 Å². The van der Waals surface area contributed by atoms with Gasteiger partial charge in [0, 0.05) is 11.8 Å². The van der Waals surface area contributed by atoms with E-state index < -0.39 is 29.0 Å². The third kappa shape index (κ3) is 3.60. The second kappa shape index (κ2) is 6.68. The van der Waals surface area contributed by atoms with Crippen molar-refractivity contribution in [1.82, 2.24) is 0 Å². The van der Waals surface area contributed by atoms with E-state index >= 15 is 0 Å². The molecule has 0 atom stereocenters. The van der Waals surface area contributed by atoms with Gasteiger partial charge in [-0.2, -0.15) is 0 Å². The third-order valence-corrected chi connectivity index (χ3v) is 3.47. The van der Waals surface area contributed by atoms with Crippen molar-refractivity contribution >= 4 is 51.9 Å². The quantitative estimate of drug-likeness (QED) is 0.424. The smallest absolute Gasteiger partial charge is 0.185 e. The molecule has 0 spiro atoms.